The van der Waals surface area contributed by atoms with Crippen LogP contribution in [0.2, 0.25) is 0 Å². The van der Waals surface area contributed by atoms with E-state index < -0.39 is 28.5 Å². The number of rotatable bonds is 9. The highest BCUT2D eigenvalue weighted by atomic mass is 32.2. The maximum Gasteiger partial charge on any atom is 0.338 e. The fourth-order valence-electron chi connectivity index (χ4n) is 2.44. The molecule has 1 heterocycles. The first-order valence-electron chi connectivity index (χ1n) is 8.67. The van der Waals surface area contributed by atoms with Crippen molar-refractivity contribution in [3.63, 3.8) is 0 Å². The molecule has 0 saturated carbocycles. The Morgan fingerprint density at radius 1 is 1.10 bits per heavy atom. The average molecular weight is 450 g/mol. The third kappa shape index (κ3) is 5.36. The summed E-state index contributed by atoms with van der Waals surface area (Å²) in [4.78, 5) is 24.2. The molecule has 0 aliphatic rings. The second-order valence-electron chi connectivity index (χ2n) is 5.98. The monoisotopic (exact) mass is 450 g/mol. The van der Waals surface area contributed by atoms with Crippen LogP contribution in [0.1, 0.15) is 10.4 Å². The van der Waals surface area contributed by atoms with Gasteiger partial charge in [-0.05, 0) is 36.4 Å². The standard InChI is InChI=1S/C18H18N4O6S2/c1-27-10-9-19-30(25,26)13-7-5-12(6-8-13)18(24)28-11-16(23)20-14-3-2-4-15-17(14)22-29-21-15/h2-8,19H,9-11H2,1H3,(H,20,23). The predicted molar refractivity (Wildman–Crippen MR) is 110 cm³/mol. The van der Waals surface area contributed by atoms with Gasteiger partial charge in [0.15, 0.2) is 6.61 Å². The fraction of sp³-hybridized carbons (Fsp3) is 0.222. The van der Waals surface area contributed by atoms with Gasteiger partial charge in [-0.1, -0.05) is 6.07 Å². The highest BCUT2D eigenvalue weighted by Gasteiger charge is 2.16. The van der Waals surface area contributed by atoms with E-state index in [1.807, 2.05) is 0 Å². The molecule has 2 aromatic carbocycles. The van der Waals surface area contributed by atoms with E-state index in [0.29, 0.717) is 16.7 Å². The molecule has 10 nitrogen and oxygen atoms in total. The summed E-state index contributed by atoms with van der Waals surface area (Å²) in [5.74, 6) is -1.29. The van der Waals surface area contributed by atoms with Gasteiger partial charge in [0, 0.05) is 13.7 Å². The van der Waals surface area contributed by atoms with Gasteiger partial charge in [0.1, 0.15) is 11.0 Å². The van der Waals surface area contributed by atoms with Gasteiger partial charge in [-0.25, -0.2) is 17.9 Å². The summed E-state index contributed by atoms with van der Waals surface area (Å²) < 4.78 is 44.6. The molecule has 158 valence electrons. The van der Waals surface area contributed by atoms with E-state index in [0.717, 1.165) is 11.7 Å². The van der Waals surface area contributed by atoms with Crippen molar-refractivity contribution in [3.8, 4) is 0 Å². The molecule has 2 N–H and O–H groups in total. The van der Waals surface area contributed by atoms with Crippen molar-refractivity contribution in [2.45, 2.75) is 4.90 Å². The Kier molecular flexibility index (Phi) is 7.05. The summed E-state index contributed by atoms with van der Waals surface area (Å²) >= 11 is 1.03. The lowest BCUT2D eigenvalue weighted by Crippen LogP contribution is -2.27. The van der Waals surface area contributed by atoms with Gasteiger partial charge in [0.25, 0.3) is 5.91 Å². The van der Waals surface area contributed by atoms with Gasteiger partial charge >= 0.3 is 5.97 Å². The van der Waals surface area contributed by atoms with E-state index in [2.05, 4.69) is 18.8 Å². The number of amides is 1. The maximum atomic E-state index is 12.1. The Bertz CT molecular complexity index is 1140. The molecular formula is C18H18N4O6S2. The number of ether oxygens (including phenoxy) is 2. The Morgan fingerprint density at radius 3 is 2.60 bits per heavy atom. The van der Waals surface area contributed by atoms with Crippen LogP contribution in [0.25, 0.3) is 11.0 Å². The maximum absolute atomic E-state index is 12.1. The Balaban J connectivity index is 1.55. The molecule has 0 aliphatic carbocycles. The van der Waals surface area contributed by atoms with Crippen molar-refractivity contribution in [2.75, 3.05) is 32.2 Å². The Hall–Kier alpha value is -2.93. The van der Waals surface area contributed by atoms with Crippen LogP contribution in [0.3, 0.4) is 0 Å². The lowest BCUT2D eigenvalue weighted by Gasteiger charge is -2.08. The largest absolute Gasteiger partial charge is 0.452 e. The summed E-state index contributed by atoms with van der Waals surface area (Å²) in [7, 11) is -2.24. The zero-order valence-corrected chi connectivity index (χ0v) is 17.5. The minimum atomic E-state index is -3.70. The second kappa shape index (κ2) is 9.71. The van der Waals surface area contributed by atoms with E-state index in [9.17, 15) is 18.0 Å². The number of esters is 1. The molecular weight excluding hydrogens is 432 g/mol. The number of carbonyl (C=O) groups is 2. The number of nitrogens with one attached hydrogen (secondary N) is 2. The van der Waals surface area contributed by atoms with Crippen molar-refractivity contribution >= 4 is 50.3 Å². The quantitative estimate of drug-likeness (QED) is 0.369. The average Bonchev–Trinajstić information content (AvgIpc) is 3.22. The number of sulfonamides is 1. The number of benzene rings is 2. The van der Waals surface area contributed by atoms with Gasteiger partial charge in [-0.2, -0.15) is 8.75 Å². The number of hydrogen-bond donors (Lipinski definition) is 2. The van der Waals surface area contributed by atoms with E-state index in [-0.39, 0.29) is 23.6 Å². The van der Waals surface area contributed by atoms with Crippen molar-refractivity contribution in [2.24, 2.45) is 0 Å². The third-order valence-corrected chi connectivity index (χ3v) is 5.91. The molecule has 3 rings (SSSR count). The third-order valence-electron chi connectivity index (χ3n) is 3.89. The predicted octanol–water partition coefficient (Wildman–Crippen LogP) is 1.41. The van der Waals surface area contributed by atoms with Crippen LogP contribution in [0.15, 0.2) is 47.4 Å². The van der Waals surface area contributed by atoms with E-state index in [1.165, 1.54) is 31.4 Å². The molecule has 0 fully saturated rings. The first kappa shape index (κ1) is 21.8. The summed E-state index contributed by atoms with van der Waals surface area (Å²) in [5, 5.41) is 2.62. The van der Waals surface area contributed by atoms with E-state index in [4.69, 9.17) is 9.47 Å². The van der Waals surface area contributed by atoms with Crippen molar-refractivity contribution < 1.29 is 27.5 Å². The number of anilines is 1. The number of hydrogen-bond acceptors (Lipinski definition) is 9. The SMILES string of the molecule is COCCNS(=O)(=O)c1ccc(C(=O)OCC(=O)Nc2cccc3nsnc23)cc1. The minimum absolute atomic E-state index is 0.00198. The van der Waals surface area contributed by atoms with Crippen LogP contribution in [0, 0.1) is 0 Å². The minimum Gasteiger partial charge on any atom is -0.452 e. The zero-order valence-electron chi connectivity index (χ0n) is 15.8. The molecule has 0 saturated heterocycles. The van der Waals surface area contributed by atoms with Crippen LogP contribution >= 0.6 is 11.7 Å². The molecule has 30 heavy (non-hydrogen) atoms. The summed E-state index contributed by atoms with van der Waals surface area (Å²) in [6.45, 7) is -0.146. The molecule has 12 heteroatoms. The van der Waals surface area contributed by atoms with Crippen LogP contribution in [0.4, 0.5) is 5.69 Å². The fourth-order valence-corrected chi connectivity index (χ4v) is 4.00. The summed E-state index contributed by atoms with van der Waals surface area (Å²) in [6.07, 6.45) is 0. The summed E-state index contributed by atoms with van der Waals surface area (Å²) in [6, 6.07) is 10.4. The lowest BCUT2D eigenvalue weighted by molar-refractivity contribution is -0.119. The van der Waals surface area contributed by atoms with E-state index >= 15 is 0 Å². The van der Waals surface area contributed by atoms with Crippen LogP contribution < -0.4 is 10.0 Å². The lowest BCUT2D eigenvalue weighted by atomic mass is 10.2. The highest BCUT2D eigenvalue weighted by Crippen LogP contribution is 2.21. The molecule has 0 unspecified atom stereocenters. The molecule has 0 spiro atoms. The second-order valence-corrected chi connectivity index (χ2v) is 8.27. The zero-order chi connectivity index (χ0) is 21.6. The topological polar surface area (TPSA) is 137 Å². The van der Waals surface area contributed by atoms with Crippen molar-refractivity contribution in [3.05, 3.63) is 48.0 Å². The first-order valence-corrected chi connectivity index (χ1v) is 10.9. The number of carbonyl (C=O) groups excluding carboxylic acids is 2. The molecule has 1 aromatic heterocycles. The summed E-state index contributed by atoms with van der Waals surface area (Å²) in [5.41, 5.74) is 1.79. The van der Waals surface area contributed by atoms with Gasteiger partial charge in [-0.15, -0.1) is 0 Å². The Morgan fingerprint density at radius 2 is 1.87 bits per heavy atom. The molecule has 0 radical (unpaired) electrons. The van der Waals surface area contributed by atoms with Gasteiger partial charge in [0.2, 0.25) is 10.0 Å². The number of fused-ring (bicyclic) bond motifs is 1. The van der Waals surface area contributed by atoms with Gasteiger partial charge < -0.3 is 14.8 Å². The number of aromatic nitrogens is 2. The van der Waals surface area contributed by atoms with Crippen molar-refractivity contribution in [1.29, 1.82) is 0 Å². The van der Waals surface area contributed by atoms with Crippen LogP contribution in [-0.2, 0) is 24.3 Å². The molecule has 0 bridgehead atoms. The molecule has 0 atom stereocenters. The van der Waals surface area contributed by atoms with Crippen molar-refractivity contribution in [1.82, 2.24) is 13.5 Å². The van der Waals surface area contributed by atoms with Crippen LogP contribution in [-0.4, -0.2) is 55.9 Å². The molecule has 0 aliphatic heterocycles. The molecule has 1 amide bonds. The Labute approximate surface area is 176 Å². The number of nitrogens with zero attached hydrogens (tertiary/aromatic N) is 2. The smallest absolute Gasteiger partial charge is 0.338 e. The molecule has 3 aromatic rings. The van der Waals surface area contributed by atoms with E-state index in [1.54, 1.807) is 18.2 Å². The van der Waals surface area contributed by atoms with Gasteiger partial charge in [0.05, 0.1) is 34.5 Å². The normalized spacial score (nSPS) is 11.4. The number of methoxy groups -OCH3 is 1. The van der Waals surface area contributed by atoms with Gasteiger partial charge in [-0.3, -0.25) is 4.79 Å². The first-order chi connectivity index (χ1) is 14.4. The van der Waals surface area contributed by atoms with Crippen LogP contribution in [0.5, 0.6) is 0 Å². The highest BCUT2D eigenvalue weighted by molar-refractivity contribution is 7.89.